The number of aryl methyl sites for hydroxylation is 1. The summed E-state index contributed by atoms with van der Waals surface area (Å²) in [5.74, 6) is -0.340. The summed E-state index contributed by atoms with van der Waals surface area (Å²) in [5.41, 5.74) is 1.33. The number of methoxy groups -OCH3 is 1. The van der Waals surface area contributed by atoms with E-state index < -0.39 is 0 Å². The normalized spacial score (nSPS) is 12.4. The fourth-order valence-corrected chi connectivity index (χ4v) is 1.46. The molecule has 17 heavy (non-hydrogen) atoms. The number of rotatable bonds is 6. The Morgan fingerprint density at radius 2 is 2.12 bits per heavy atom. The Labute approximate surface area is 102 Å². The number of ether oxygens (including phenoxy) is 1. The van der Waals surface area contributed by atoms with Gasteiger partial charge in [-0.15, -0.1) is 0 Å². The first kappa shape index (κ1) is 13.3. The molecule has 1 aromatic rings. The lowest BCUT2D eigenvalue weighted by Gasteiger charge is -2.11. The molecule has 1 aromatic carbocycles. The first-order valence-electron chi connectivity index (χ1n) is 5.77. The van der Waals surface area contributed by atoms with E-state index in [1.807, 2.05) is 18.2 Å². The molecule has 0 saturated heterocycles. The molecule has 0 spiro atoms. The van der Waals surface area contributed by atoms with Crippen LogP contribution in [0.1, 0.15) is 18.9 Å². The minimum atomic E-state index is -0.340. The molecule has 0 bridgehead atoms. The third kappa shape index (κ3) is 5.76. The van der Waals surface area contributed by atoms with Crippen molar-refractivity contribution in [1.29, 1.82) is 0 Å². The predicted molar refractivity (Wildman–Crippen MR) is 68.5 cm³/mol. The molecule has 0 amide bonds. The van der Waals surface area contributed by atoms with E-state index in [0.717, 1.165) is 12.8 Å². The third-order valence-corrected chi connectivity index (χ3v) is 2.51. The van der Waals surface area contributed by atoms with Gasteiger partial charge in [0.05, 0.1) is 7.11 Å². The first-order chi connectivity index (χ1) is 8.22. The van der Waals surface area contributed by atoms with Crippen LogP contribution in [0.25, 0.3) is 0 Å². The number of carbonyl (C=O) groups is 1. The molecule has 0 heterocycles. The van der Waals surface area contributed by atoms with Crippen LogP contribution < -0.4 is 5.32 Å². The lowest BCUT2D eigenvalue weighted by molar-refractivity contribution is -0.134. The third-order valence-electron chi connectivity index (χ3n) is 2.51. The Kier molecular flexibility index (Phi) is 5.86. The summed E-state index contributed by atoms with van der Waals surface area (Å²) in [7, 11) is 1.37. The van der Waals surface area contributed by atoms with Gasteiger partial charge in [-0.1, -0.05) is 30.3 Å². The minimum absolute atomic E-state index is 0.330. The summed E-state index contributed by atoms with van der Waals surface area (Å²) in [5, 5.41) is 3.14. The molecule has 1 N–H and O–H groups in total. The number of hydrogen-bond acceptors (Lipinski definition) is 3. The van der Waals surface area contributed by atoms with Crippen LogP contribution in [-0.4, -0.2) is 19.1 Å². The van der Waals surface area contributed by atoms with Gasteiger partial charge in [0.1, 0.15) is 0 Å². The summed E-state index contributed by atoms with van der Waals surface area (Å²) in [6.07, 6.45) is 5.08. The molecule has 0 saturated carbocycles. The first-order valence-corrected chi connectivity index (χ1v) is 5.77. The molecule has 3 heteroatoms. The number of carbonyl (C=O) groups excluding carboxylic acids is 1. The second-order valence-electron chi connectivity index (χ2n) is 3.95. The van der Waals surface area contributed by atoms with Crippen molar-refractivity contribution in [2.45, 2.75) is 25.8 Å². The Hall–Kier alpha value is -1.77. The van der Waals surface area contributed by atoms with Crippen LogP contribution in [-0.2, 0) is 16.0 Å². The predicted octanol–water partition coefficient (Wildman–Crippen LogP) is 2.28. The summed E-state index contributed by atoms with van der Waals surface area (Å²) in [6.45, 7) is 2.09. The fourth-order valence-electron chi connectivity index (χ4n) is 1.46. The lowest BCUT2D eigenvalue weighted by Crippen LogP contribution is -2.21. The van der Waals surface area contributed by atoms with Crippen LogP contribution in [0.15, 0.2) is 42.6 Å². The number of hydrogen-bond donors (Lipinski definition) is 1. The molecule has 1 rings (SSSR count). The highest BCUT2D eigenvalue weighted by molar-refractivity contribution is 5.81. The summed E-state index contributed by atoms with van der Waals surface area (Å²) >= 11 is 0. The molecule has 0 aliphatic carbocycles. The lowest BCUT2D eigenvalue weighted by atomic mass is 10.1. The van der Waals surface area contributed by atoms with Crippen LogP contribution in [0.3, 0.4) is 0 Å². The van der Waals surface area contributed by atoms with Crippen molar-refractivity contribution in [1.82, 2.24) is 5.32 Å². The number of esters is 1. The van der Waals surface area contributed by atoms with Gasteiger partial charge >= 0.3 is 5.97 Å². The van der Waals surface area contributed by atoms with Crippen molar-refractivity contribution in [2.75, 3.05) is 7.11 Å². The molecular weight excluding hydrogens is 214 g/mol. The van der Waals surface area contributed by atoms with Crippen LogP contribution in [0.2, 0.25) is 0 Å². The van der Waals surface area contributed by atoms with E-state index in [2.05, 4.69) is 29.1 Å². The van der Waals surface area contributed by atoms with Crippen LogP contribution in [0.5, 0.6) is 0 Å². The minimum Gasteiger partial charge on any atom is -0.466 e. The van der Waals surface area contributed by atoms with Crippen LogP contribution >= 0.6 is 0 Å². The quantitative estimate of drug-likeness (QED) is 0.605. The Morgan fingerprint density at radius 1 is 1.41 bits per heavy atom. The zero-order chi connectivity index (χ0) is 12.5. The van der Waals surface area contributed by atoms with Gasteiger partial charge in [0, 0.05) is 18.3 Å². The topological polar surface area (TPSA) is 38.3 Å². The van der Waals surface area contributed by atoms with E-state index in [9.17, 15) is 4.79 Å². The van der Waals surface area contributed by atoms with E-state index >= 15 is 0 Å². The maximum Gasteiger partial charge on any atom is 0.331 e. The zero-order valence-electron chi connectivity index (χ0n) is 10.3. The van der Waals surface area contributed by atoms with Gasteiger partial charge in [-0.25, -0.2) is 4.79 Å². The molecule has 92 valence electrons. The standard InChI is InChI=1S/C14H19NO2/c1-12(15-11-10-14(16)17-2)8-9-13-6-4-3-5-7-13/h3-7,10-12,15H,8-9H2,1-2H3/b11-10+. The average Bonchev–Trinajstić information content (AvgIpc) is 2.37. The van der Waals surface area contributed by atoms with Crippen molar-refractivity contribution in [2.24, 2.45) is 0 Å². The molecule has 0 fully saturated rings. The average molecular weight is 233 g/mol. The van der Waals surface area contributed by atoms with Gasteiger partial charge in [0.25, 0.3) is 0 Å². The van der Waals surface area contributed by atoms with E-state index in [0.29, 0.717) is 6.04 Å². The van der Waals surface area contributed by atoms with E-state index in [4.69, 9.17) is 0 Å². The van der Waals surface area contributed by atoms with Crippen LogP contribution in [0, 0.1) is 0 Å². The van der Waals surface area contributed by atoms with E-state index in [1.54, 1.807) is 6.20 Å². The van der Waals surface area contributed by atoms with Crippen LogP contribution in [0.4, 0.5) is 0 Å². The molecule has 0 aliphatic rings. The summed E-state index contributed by atoms with van der Waals surface area (Å²) < 4.78 is 4.50. The molecule has 3 nitrogen and oxygen atoms in total. The fraction of sp³-hybridized carbons (Fsp3) is 0.357. The highest BCUT2D eigenvalue weighted by atomic mass is 16.5. The molecule has 1 atom stereocenters. The zero-order valence-corrected chi connectivity index (χ0v) is 10.3. The molecule has 0 radical (unpaired) electrons. The van der Waals surface area contributed by atoms with E-state index in [1.165, 1.54) is 18.7 Å². The van der Waals surface area contributed by atoms with Crippen molar-refractivity contribution in [3.05, 3.63) is 48.2 Å². The highest BCUT2D eigenvalue weighted by Crippen LogP contribution is 2.04. The maximum atomic E-state index is 10.8. The van der Waals surface area contributed by atoms with Gasteiger partial charge in [-0.2, -0.15) is 0 Å². The van der Waals surface area contributed by atoms with Gasteiger partial charge in [0.2, 0.25) is 0 Å². The highest BCUT2D eigenvalue weighted by Gasteiger charge is 1.99. The molecule has 0 aliphatic heterocycles. The molecule has 1 unspecified atom stereocenters. The largest absolute Gasteiger partial charge is 0.466 e. The Bertz CT molecular complexity index is 360. The van der Waals surface area contributed by atoms with E-state index in [-0.39, 0.29) is 5.97 Å². The monoisotopic (exact) mass is 233 g/mol. The van der Waals surface area contributed by atoms with Gasteiger partial charge in [0.15, 0.2) is 0 Å². The van der Waals surface area contributed by atoms with Crippen molar-refractivity contribution >= 4 is 5.97 Å². The van der Waals surface area contributed by atoms with Crippen molar-refractivity contribution in [3.63, 3.8) is 0 Å². The maximum absolute atomic E-state index is 10.8. The number of nitrogens with one attached hydrogen (secondary N) is 1. The summed E-state index contributed by atoms with van der Waals surface area (Å²) in [6, 6.07) is 10.7. The Morgan fingerprint density at radius 3 is 2.76 bits per heavy atom. The van der Waals surface area contributed by atoms with Gasteiger partial charge in [-0.3, -0.25) is 0 Å². The Balaban J connectivity index is 2.24. The van der Waals surface area contributed by atoms with Gasteiger partial charge < -0.3 is 10.1 Å². The van der Waals surface area contributed by atoms with Gasteiger partial charge in [-0.05, 0) is 25.3 Å². The molecular formula is C14H19NO2. The van der Waals surface area contributed by atoms with Crippen molar-refractivity contribution < 1.29 is 9.53 Å². The molecule has 0 aromatic heterocycles. The smallest absolute Gasteiger partial charge is 0.331 e. The van der Waals surface area contributed by atoms with Crippen molar-refractivity contribution in [3.8, 4) is 0 Å². The second kappa shape index (κ2) is 7.49. The summed E-state index contributed by atoms with van der Waals surface area (Å²) in [4.78, 5) is 10.8. The SMILES string of the molecule is COC(=O)/C=C/NC(C)CCc1ccccc1. The second-order valence-corrected chi connectivity index (χ2v) is 3.95. The number of benzene rings is 1.